The third-order valence-electron chi connectivity index (χ3n) is 2.78. The number of benzene rings is 1. The molecule has 0 aliphatic rings. The van der Waals surface area contributed by atoms with Gasteiger partial charge in [-0.05, 0) is 23.0 Å². The molecule has 1 aromatic carbocycles. The Kier molecular flexibility index (Phi) is 4.27. The van der Waals surface area contributed by atoms with E-state index in [9.17, 15) is 0 Å². The Labute approximate surface area is 98.5 Å². The minimum Gasteiger partial charge on any atom is -0.271 e. The van der Waals surface area contributed by atoms with Crippen molar-refractivity contribution in [2.24, 2.45) is 5.84 Å². The summed E-state index contributed by atoms with van der Waals surface area (Å²) in [6, 6.07) is 8.76. The van der Waals surface area contributed by atoms with Crippen LogP contribution in [0.5, 0.6) is 0 Å². The smallest absolute Gasteiger partial charge is 0.0494 e. The van der Waals surface area contributed by atoms with Crippen LogP contribution in [0.2, 0.25) is 0 Å². The van der Waals surface area contributed by atoms with E-state index in [0.29, 0.717) is 0 Å². The molecule has 88 valence electrons. The second-order valence-corrected chi connectivity index (χ2v) is 5.12. The molecule has 0 saturated heterocycles. The molecule has 3 N–H and O–H groups in total. The number of hydrazine groups is 1. The lowest BCUT2D eigenvalue weighted by Gasteiger charge is -2.21. The third kappa shape index (κ3) is 3.19. The van der Waals surface area contributed by atoms with E-state index in [0.717, 1.165) is 6.42 Å². The van der Waals surface area contributed by atoms with Crippen LogP contribution in [0.3, 0.4) is 0 Å². The standard InChI is InChI=1S/C14H22N2/c1-5-6-13(16-15)11-7-9-12(10-8-11)14(2,3)4/h5,7-10,13,16H,1,6,15H2,2-4H3. The molecule has 1 rings (SSSR count). The fraction of sp³-hybridized carbons (Fsp3) is 0.429. The van der Waals surface area contributed by atoms with E-state index < -0.39 is 0 Å². The van der Waals surface area contributed by atoms with Gasteiger partial charge in [-0.15, -0.1) is 6.58 Å². The van der Waals surface area contributed by atoms with E-state index in [1.807, 2.05) is 6.08 Å². The largest absolute Gasteiger partial charge is 0.271 e. The molecule has 2 nitrogen and oxygen atoms in total. The van der Waals surface area contributed by atoms with Gasteiger partial charge in [-0.2, -0.15) is 0 Å². The molecular formula is C14H22N2. The van der Waals surface area contributed by atoms with E-state index in [1.165, 1.54) is 11.1 Å². The number of hydrogen-bond donors (Lipinski definition) is 2. The summed E-state index contributed by atoms with van der Waals surface area (Å²) in [7, 11) is 0. The zero-order chi connectivity index (χ0) is 12.2. The van der Waals surface area contributed by atoms with Gasteiger partial charge >= 0.3 is 0 Å². The monoisotopic (exact) mass is 218 g/mol. The molecule has 16 heavy (non-hydrogen) atoms. The average molecular weight is 218 g/mol. The lowest BCUT2D eigenvalue weighted by atomic mass is 9.86. The molecule has 2 heteroatoms. The highest BCUT2D eigenvalue weighted by Crippen LogP contribution is 2.24. The second-order valence-electron chi connectivity index (χ2n) is 5.12. The number of rotatable bonds is 4. The van der Waals surface area contributed by atoms with Gasteiger partial charge < -0.3 is 0 Å². The first-order valence-corrected chi connectivity index (χ1v) is 5.66. The Morgan fingerprint density at radius 1 is 1.31 bits per heavy atom. The SMILES string of the molecule is C=CCC(NN)c1ccc(C(C)(C)C)cc1. The van der Waals surface area contributed by atoms with Gasteiger partial charge in [0.2, 0.25) is 0 Å². The fourth-order valence-corrected chi connectivity index (χ4v) is 1.68. The Bertz CT molecular complexity index is 333. The highest BCUT2D eigenvalue weighted by Gasteiger charge is 2.14. The number of hydrogen-bond acceptors (Lipinski definition) is 2. The van der Waals surface area contributed by atoms with Crippen LogP contribution in [0.25, 0.3) is 0 Å². The molecule has 1 unspecified atom stereocenters. The summed E-state index contributed by atoms with van der Waals surface area (Å²) in [5.74, 6) is 5.52. The molecule has 0 spiro atoms. The Morgan fingerprint density at radius 2 is 1.88 bits per heavy atom. The highest BCUT2D eigenvalue weighted by molar-refractivity contribution is 5.29. The molecule has 0 radical (unpaired) electrons. The molecule has 0 aliphatic carbocycles. The predicted molar refractivity (Wildman–Crippen MR) is 70.0 cm³/mol. The van der Waals surface area contributed by atoms with E-state index in [-0.39, 0.29) is 11.5 Å². The lowest BCUT2D eigenvalue weighted by Crippen LogP contribution is -2.27. The Balaban J connectivity index is 2.89. The van der Waals surface area contributed by atoms with Gasteiger partial charge in [-0.3, -0.25) is 11.3 Å². The third-order valence-corrected chi connectivity index (χ3v) is 2.78. The maximum absolute atomic E-state index is 5.52. The van der Waals surface area contributed by atoms with E-state index in [4.69, 9.17) is 5.84 Å². The summed E-state index contributed by atoms with van der Waals surface area (Å²) in [5.41, 5.74) is 5.55. The van der Waals surface area contributed by atoms with Crippen LogP contribution in [0.15, 0.2) is 36.9 Å². The van der Waals surface area contributed by atoms with E-state index >= 15 is 0 Å². The maximum atomic E-state index is 5.52. The molecule has 0 amide bonds. The van der Waals surface area contributed by atoms with Crippen molar-refractivity contribution in [2.75, 3.05) is 0 Å². The molecular weight excluding hydrogens is 196 g/mol. The predicted octanol–water partition coefficient (Wildman–Crippen LogP) is 3.06. The Hall–Kier alpha value is -1.12. The van der Waals surface area contributed by atoms with Crippen molar-refractivity contribution in [3.63, 3.8) is 0 Å². The van der Waals surface area contributed by atoms with Crippen LogP contribution in [0.1, 0.15) is 44.4 Å². The fourth-order valence-electron chi connectivity index (χ4n) is 1.68. The van der Waals surface area contributed by atoms with Gasteiger partial charge in [0, 0.05) is 6.04 Å². The average Bonchev–Trinajstić information content (AvgIpc) is 2.25. The van der Waals surface area contributed by atoms with Crippen molar-refractivity contribution in [2.45, 2.75) is 38.6 Å². The molecule has 0 aromatic heterocycles. The minimum atomic E-state index is 0.159. The minimum absolute atomic E-state index is 0.159. The van der Waals surface area contributed by atoms with Crippen LogP contribution >= 0.6 is 0 Å². The Morgan fingerprint density at radius 3 is 2.25 bits per heavy atom. The summed E-state index contributed by atoms with van der Waals surface area (Å²) < 4.78 is 0. The summed E-state index contributed by atoms with van der Waals surface area (Å²) >= 11 is 0. The van der Waals surface area contributed by atoms with Crippen LogP contribution < -0.4 is 11.3 Å². The van der Waals surface area contributed by atoms with Gasteiger partial charge in [0.15, 0.2) is 0 Å². The zero-order valence-corrected chi connectivity index (χ0v) is 10.5. The van der Waals surface area contributed by atoms with Crippen LogP contribution in [-0.4, -0.2) is 0 Å². The first-order valence-electron chi connectivity index (χ1n) is 5.66. The molecule has 0 aliphatic heterocycles. The molecule has 0 fully saturated rings. The lowest BCUT2D eigenvalue weighted by molar-refractivity contribution is 0.558. The van der Waals surface area contributed by atoms with Gasteiger partial charge in [0.25, 0.3) is 0 Å². The van der Waals surface area contributed by atoms with Gasteiger partial charge in [-0.25, -0.2) is 0 Å². The first kappa shape index (κ1) is 12.9. The number of nitrogens with two attached hydrogens (primary N) is 1. The van der Waals surface area contributed by atoms with Crippen molar-refractivity contribution in [3.05, 3.63) is 48.0 Å². The molecule has 0 saturated carbocycles. The second kappa shape index (κ2) is 5.28. The molecule has 0 heterocycles. The van der Waals surface area contributed by atoms with Gasteiger partial charge in [0.1, 0.15) is 0 Å². The van der Waals surface area contributed by atoms with Crippen LogP contribution in [-0.2, 0) is 5.41 Å². The van der Waals surface area contributed by atoms with Crippen LogP contribution in [0, 0.1) is 0 Å². The first-order chi connectivity index (χ1) is 7.49. The molecule has 1 aromatic rings. The quantitative estimate of drug-likeness (QED) is 0.463. The van der Waals surface area contributed by atoms with Crippen LogP contribution in [0.4, 0.5) is 0 Å². The van der Waals surface area contributed by atoms with Crippen molar-refractivity contribution in [3.8, 4) is 0 Å². The number of nitrogens with one attached hydrogen (secondary N) is 1. The van der Waals surface area contributed by atoms with E-state index in [1.54, 1.807) is 0 Å². The van der Waals surface area contributed by atoms with Crippen molar-refractivity contribution >= 4 is 0 Å². The topological polar surface area (TPSA) is 38.0 Å². The molecule has 0 bridgehead atoms. The summed E-state index contributed by atoms with van der Waals surface area (Å²) in [4.78, 5) is 0. The highest BCUT2D eigenvalue weighted by atomic mass is 15.2. The molecule has 1 atom stereocenters. The summed E-state index contributed by atoms with van der Waals surface area (Å²) in [5, 5.41) is 0. The summed E-state index contributed by atoms with van der Waals surface area (Å²) in [6.07, 6.45) is 2.72. The normalized spacial score (nSPS) is 13.5. The van der Waals surface area contributed by atoms with E-state index in [2.05, 4.69) is 57.0 Å². The zero-order valence-electron chi connectivity index (χ0n) is 10.5. The van der Waals surface area contributed by atoms with Crippen molar-refractivity contribution in [1.82, 2.24) is 5.43 Å². The summed E-state index contributed by atoms with van der Waals surface area (Å²) in [6.45, 7) is 10.4. The maximum Gasteiger partial charge on any atom is 0.0494 e. The van der Waals surface area contributed by atoms with Gasteiger partial charge in [-0.1, -0.05) is 51.1 Å². The van der Waals surface area contributed by atoms with Gasteiger partial charge in [0.05, 0.1) is 0 Å². The van der Waals surface area contributed by atoms with Crippen molar-refractivity contribution in [1.29, 1.82) is 0 Å². The van der Waals surface area contributed by atoms with Crippen molar-refractivity contribution < 1.29 is 0 Å².